The van der Waals surface area contributed by atoms with Crippen LogP contribution in [0.15, 0.2) is 42.5 Å². The van der Waals surface area contributed by atoms with Crippen LogP contribution in [0, 0.1) is 11.8 Å². The summed E-state index contributed by atoms with van der Waals surface area (Å²) in [5.74, 6) is 1.72. The number of hydrogen-bond acceptors (Lipinski definition) is 5. The molecule has 6 heteroatoms. The van der Waals surface area contributed by atoms with Gasteiger partial charge in [-0.05, 0) is 74.4 Å². The number of benzene rings is 2. The third-order valence-corrected chi connectivity index (χ3v) is 8.78. The van der Waals surface area contributed by atoms with Gasteiger partial charge in [0.15, 0.2) is 17.3 Å². The lowest BCUT2D eigenvalue weighted by molar-refractivity contribution is -0.137. The number of ketones is 1. The second kappa shape index (κ2) is 18.6. The summed E-state index contributed by atoms with van der Waals surface area (Å²) in [5.41, 5.74) is 3.31. The number of carbonyl (C=O) groups is 2. The zero-order valence-corrected chi connectivity index (χ0v) is 26.2. The number of ether oxygens (including phenoxy) is 2. The van der Waals surface area contributed by atoms with Gasteiger partial charge in [-0.3, -0.25) is 14.5 Å². The molecule has 0 amide bonds. The van der Waals surface area contributed by atoms with Crippen molar-refractivity contribution in [3.8, 4) is 11.5 Å². The molecule has 1 aliphatic heterocycles. The molecule has 6 nitrogen and oxygen atoms in total. The highest BCUT2D eigenvalue weighted by molar-refractivity contribution is 6.02. The van der Waals surface area contributed by atoms with Gasteiger partial charge < -0.3 is 14.6 Å². The van der Waals surface area contributed by atoms with E-state index in [1.165, 1.54) is 63.4 Å². The number of methoxy groups -OCH3 is 2. The molecule has 0 saturated carbocycles. The van der Waals surface area contributed by atoms with Crippen molar-refractivity contribution in [3.63, 3.8) is 0 Å². The maximum absolute atomic E-state index is 12.9. The lowest BCUT2D eigenvalue weighted by Gasteiger charge is -2.32. The van der Waals surface area contributed by atoms with E-state index in [1.54, 1.807) is 14.2 Å². The molecular weight excluding hydrogens is 526 g/mol. The number of carbonyl (C=O) groups excluding carboxylic acids is 1. The van der Waals surface area contributed by atoms with Crippen molar-refractivity contribution in [2.45, 2.75) is 103 Å². The molecular formula is C36H53NO5. The van der Waals surface area contributed by atoms with Crippen LogP contribution in [0.1, 0.15) is 112 Å². The molecule has 2 aromatic carbocycles. The molecule has 1 atom stereocenters. The highest BCUT2D eigenvalue weighted by atomic mass is 16.5. The van der Waals surface area contributed by atoms with Gasteiger partial charge in [0.2, 0.25) is 0 Å². The number of piperidine rings is 1. The van der Waals surface area contributed by atoms with Crippen LogP contribution >= 0.6 is 0 Å². The van der Waals surface area contributed by atoms with Crippen molar-refractivity contribution in [1.29, 1.82) is 0 Å². The second-order valence-corrected chi connectivity index (χ2v) is 12.0. The van der Waals surface area contributed by atoms with Gasteiger partial charge in [0.05, 0.1) is 14.2 Å². The largest absolute Gasteiger partial charge is 0.493 e. The fraction of sp³-hybridized carbons (Fsp3) is 0.611. The Hall–Kier alpha value is -2.86. The molecule has 1 saturated heterocycles. The summed E-state index contributed by atoms with van der Waals surface area (Å²) < 4.78 is 10.8. The second-order valence-electron chi connectivity index (χ2n) is 12.0. The maximum Gasteiger partial charge on any atom is 0.303 e. The molecule has 4 rings (SSSR count). The number of carboxylic acids is 1. The number of likely N-dealkylation sites (tertiary alicyclic amines) is 1. The van der Waals surface area contributed by atoms with Crippen LogP contribution in [0.3, 0.4) is 0 Å². The fourth-order valence-corrected chi connectivity index (χ4v) is 6.30. The Balaban J connectivity index is 0.000000295. The number of rotatable bonds is 16. The smallest absolute Gasteiger partial charge is 0.303 e. The Kier molecular flexibility index (Phi) is 14.9. The maximum atomic E-state index is 12.9. The highest BCUT2D eigenvalue weighted by Gasteiger charge is 2.34. The number of nitrogens with zero attached hydrogens (tertiary/aromatic N) is 1. The Morgan fingerprint density at radius 2 is 1.48 bits per heavy atom. The SMILES string of the molecule is CCCCCCCCCCCC(=O)O.COc1cc2c(cc1OC)C(=O)C(CC1CCN(Cc3ccccc3)CC1)C2. The predicted octanol–water partition coefficient (Wildman–Crippen LogP) is 8.35. The lowest BCUT2D eigenvalue weighted by atomic mass is 9.85. The molecule has 0 bridgehead atoms. The molecule has 42 heavy (non-hydrogen) atoms. The van der Waals surface area contributed by atoms with E-state index in [2.05, 4.69) is 42.2 Å². The summed E-state index contributed by atoms with van der Waals surface area (Å²) in [6.07, 6.45) is 15.7. The summed E-state index contributed by atoms with van der Waals surface area (Å²) in [5, 5.41) is 8.41. The zero-order valence-electron chi connectivity index (χ0n) is 26.2. The first-order valence-corrected chi connectivity index (χ1v) is 16.2. The fourth-order valence-electron chi connectivity index (χ4n) is 6.30. The van der Waals surface area contributed by atoms with Gasteiger partial charge in [0.25, 0.3) is 0 Å². The van der Waals surface area contributed by atoms with Gasteiger partial charge in [0, 0.05) is 24.4 Å². The van der Waals surface area contributed by atoms with Gasteiger partial charge in [0.1, 0.15) is 0 Å². The highest BCUT2D eigenvalue weighted by Crippen LogP contribution is 2.39. The molecule has 2 aliphatic rings. The molecule has 0 aromatic heterocycles. The summed E-state index contributed by atoms with van der Waals surface area (Å²) in [4.78, 5) is 25.7. The topological polar surface area (TPSA) is 76.1 Å². The molecule has 1 fully saturated rings. The average Bonchev–Trinajstić information content (AvgIpc) is 3.30. The standard InChI is InChI=1S/C24H29NO3.C12H24O2/c1-27-22-14-19-13-20(24(26)21(19)15-23(22)28-2)12-17-8-10-25(11-9-17)16-18-6-4-3-5-7-18;1-2-3-4-5-6-7-8-9-10-11-12(13)14/h3-7,14-15,17,20H,8-13,16H2,1-2H3;2-11H2,1H3,(H,13,14). The van der Waals surface area contributed by atoms with E-state index < -0.39 is 5.97 Å². The normalized spacial score (nSPS) is 16.9. The first-order chi connectivity index (χ1) is 20.4. The minimum atomic E-state index is -0.659. The molecule has 0 spiro atoms. The first-order valence-electron chi connectivity index (χ1n) is 16.2. The lowest BCUT2D eigenvalue weighted by Crippen LogP contribution is -2.34. The van der Waals surface area contributed by atoms with Crippen LogP contribution in [0.25, 0.3) is 0 Å². The Labute approximate surface area is 253 Å². The minimum absolute atomic E-state index is 0.109. The van der Waals surface area contributed by atoms with Crippen LogP contribution in [-0.4, -0.2) is 49.1 Å². The summed E-state index contributed by atoms with van der Waals surface area (Å²) in [6.45, 7) is 5.50. The summed E-state index contributed by atoms with van der Waals surface area (Å²) in [7, 11) is 3.26. The number of carboxylic acid groups (broad SMARTS) is 1. The van der Waals surface area contributed by atoms with Crippen LogP contribution in [0.5, 0.6) is 11.5 Å². The van der Waals surface area contributed by atoms with Crippen LogP contribution < -0.4 is 9.47 Å². The predicted molar refractivity (Wildman–Crippen MR) is 170 cm³/mol. The van der Waals surface area contributed by atoms with Crippen LogP contribution in [0.2, 0.25) is 0 Å². The van der Waals surface area contributed by atoms with E-state index in [0.717, 1.165) is 56.4 Å². The average molecular weight is 580 g/mol. The monoisotopic (exact) mass is 579 g/mol. The van der Waals surface area contributed by atoms with E-state index in [0.29, 0.717) is 23.8 Å². The van der Waals surface area contributed by atoms with Crippen molar-refractivity contribution in [1.82, 2.24) is 4.90 Å². The Morgan fingerprint density at radius 1 is 0.881 bits per heavy atom. The van der Waals surface area contributed by atoms with E-state index in [1.807, 2.05) is 12.1 Å². The summed E-state index contributed by atoms with van der Waals surface area (Å²) in [6, 6.07) is 14.5. The molecule has 0 radical (unpaired) electrons. The quantitative estimate of drug-likeness (QED) is 0.201. The molecule has 1 N–H and O–H groups in total. The van der Waals surface area contributed by atoms with E-state index in [9.17, 15) is 9.59 Å². The number of aliphatic carboxylic acids is 1. The number of unbranched alkanes of at least 4 members (excludes halogenated alkanes) is 8. The Bertz CT molecular complexity index is 1080. The van der Waals surface area contributed by atoms with Gasteiger partial charge in [-0.15, -0.1) is 0 Å². The van der Waals surface area contributed by atoms with Crippen molar-refractivity contribution in [3.05, 3.63) is 59.2 Å². The van der Waals surface area contributed by atoms with Crippen molar-refractivity contribution < 1.29 is 24.2 Å². The number of hydrogen-bond donors (Lipinski definition) is 1. The summed E-state index contributed by atoms with van der Waals surface area (Å²) >= 11 is 0. The molecule has 2 aromatic rings. The third-order valence-electron chi connectivity index (χ3n) is 8.78. The molecule has 1 heterocycles. The zero-order chi connectivity index (χ0) is 30.2. The first kappa shape index (κ1) is 33.6. The van der Waals surface area contributed by atoms with Crippen molar-refractivity contribution in [2.75, 3.05) is 27.3 Å². The Morgan fingerprint density at radius 3 is 2.07 bits per heavy atom. The molecule has 232 valence electrons. The molecule has 1 unspecified atom stereocenters. The van der Waals surface area contributed by atoms with Gasteiger partial charge in [-0.1, -0.05) is 88.6 Å². The van der Waals surface area contributed by atoms with Gasteiger partial charge in [-0.25, -0.2) is 0 Å². The van der Waals surface area contributed by atoms with Crippen molar-refractivity contribution in [2.24, 2.45) is 11.8 Å². The van der Waals surface area contributed by atoms with Crippen LogP contribution in [0.4, 0.5) is 0 Å². The van der Waals surface area contributed by atoms with Gasteiger partial charge in [-0.2, -0.15) is 0 Å². The molecule has 1 aliphatic carbocycles. The minimum Gasteiger partial charge on any atom is -0.493 e. The van der Waals surface area contributed by atoms with E-state index in [4.69, 9.17) is 14.6 Å². The third kappa shape index (κ3) is 11.1. The van der Waals surface area contributed by atoms with Crippen molar-refractivity contribution >= 4 is 11.8 Å². The van der Waals surface area contributed by atoms with E-state index >= 15 is 0 Å². The van der Waals surface area contributed by atoms with Crippen LogP contribution in [-0.2, 0) is 17.8 Å². The number of Topliss-reactive ketones (excluding diaryl/α,β-unsaturated/α-hetero) is 1. The number of fused-ring (bicyclic) bond motifs is 1. The van der Waals surface area contributed by atoms with Gasteiger partial charge >= 0.3 is 5.97 Å². The van der Waals surface area contributed by atoms with E-state index in [-0.39, 0.29) is 11.7 Å².